The molecule has 3 heteroatoms. The highest BCUT2D eigenvalue weighted by Crippen LogP contribution is 2.10. The van der Waals surface area contributed by atoms with Gasteiger partial charge in [-0.05, 0) is 34.0 Å². The monoisotopic (exact) mass is 202 g/mol. The maximum Gasteiger partial charge on any atom is 0.0609 e. The number of nitrogens with zero attached hydrogens (tertiary/aromatic N) is 2. The van der Waals surface area contributed by atoms with Crippen LogP contribution in [0, 0.1) is 0 Å². The Kier molecular flexibility index (Phi) is 6.33. The third-order valence-corrected chi connectivity index (χ3v) is 3.07. The van der Waals surface area contributed by atoms with Crippen molar-refractivity contribution < 1.29 is 5.11 Å². The van der Waals surface area contributed by atoms with Crippen molar-refractivity contribution in [1.82, 2.24) is 9.80 Å². The molecule has 0 aliphatic rings. The predicted octanol–water partition coefficient (Wildman–Crippen LogP) is 1.03. The van der Waals surface area contributed by atoms with E-state index in [4.69, 9.17) is 0 Å². The van der Waals surface area contributed by atoms with Gasteiger partial charge in [-0.2, -0.15) is 0 Å². The zero-order valence-corrected chi connectivity index (χ0v) is 10.4. The molecule has 0 heterocycles. The molecule has 0 saturated heterocycles. The van der Waals surface area contributed by atoms with Gasteiger partial charge >= 0.3 is 0 Å². The van der Waals surface area contributed by atoms with Gasteiger partial charge in [-0.15, -0.1) is 0 Å². The fourth-order valence-electron chi connectivity index (χ4n) is 1.25. The van der Waals surface area contributed by atoms with Crippen LogP contribution in [-0.2, 0) is 0 Å². The summed E-state index contributed by atoms with van der Waals surface area (Å²) < 4.78 is 0. The SMILES string of the molecule is CCN(CC)CCN(C)C(C)(C)CO. The molecule has 3 nitrogen and oxygen atoms in total. The van der Waals surface area contributed by atoms with Crippen molar-refractivity contribution in [2.75, 3.05) is 39.8 Å². The molecule has 0 aliphatic carbocycles. The van der Waals surface area contributed by atoms with Crippen LogP contribution in [0.15, 0.2) is 0 Å². The van der Waals surface area contributed by atoms with Crippen LogP contribution in [0.5, 0.6) is 0 Å². The van der Waals surface area contributed by atoms with Crippen LogP contribution in [0.25, 0.3) is 0 Å². The van der Waals surface area contributed by atoms with Gasteiger partial charge in [-0.3, -0.25) is 4.90 Å². The van der Waals surface area contributed by atoms with Crippen molar-refractivity contribution in [3.05, 3.63) is 0 Å². The minimum absolute atomic E-state index is 0.104. The maximum absolute atomic E-state index is 9.19. The summed E-state index contributed by atoms with van der Waals surface area (Å²) in [5.41, 5.74) is -0.104. The molecule has 0 rings (SSSR count). The largest absolute Gasteiger partial charge is 0.394 e. The highest BCUT2D eigenvalue weighted by atomic mass is 16.3. The van der Waals surface area contributed by atoms with Gasteiger partial charge < -0.3 is 10.0 Å². The maximum atomic E-state index is 9.19. The number of hydrogen-bond donors (Lipinski definition) is 1. The van der Waals surface area contributed by atoms with E-state index in [2.05, 4.69) is 44.5 Å². The first-order valence-electron chi connectivity index (χ1n) is 5.52. The van der Waals surface area contributed by atoms with Crippen LogP contribution < -0.4 is 0 Å². The van der Waals surface area contributed by atoms with Gasteiger partial charge in [0.25, 0.3) is 0 Å². The van der Waals surface area contributed by atoms with E-state index in [0.717, 1.165) is 26.2 Å². The highest BCUT2D eigenvalue weighted by Gasteiger charge is 2.21. The normalized spacial score (nSPS) is 12.9. The lowest BCUT2D eigenvalue weighted by atomic mass is 10.1. The Labute approximate surface area is 88.7 Å². The molecule has 14 heavy (non-hydrogen) atoms. The van der Waals surface area contributed by atoms with Crippen LogP contribution in [0.3, 0.4) is 0 Å². The second kappa shape index (κ2) is 6.38. The molecule has 0 amide bonds. The third-order valence-electron chi connectivity index (χ3n) is 3.07. The number of rotatable bonds is 7. The van der Waals surface area contributed by atoms with E-state index in [0.29, 0.717) is 0 Å². The molecule has 0 aromatic heterocycles. The summed E-state index contributed by atoms with van der Waals surface area (Å²) in [7, 11) is 2.07. The zero-order valence-electron chi connectivity index (χ0n) is 10.4. The standard InChI is InChI=1S/C11H26N2O/c1-6-13(7-2)9-8-12(5)11(3,4)10-14/h14H,6-10H2,1-5H3. The van der Waals surface area contributed by atoms with Gasteiger partial charge in [0.15, 0.2) is 0 Å². The minimum atomic E-state index is -0.104. The molecule has 0 saturated carbocycles. The van der Waals surface area contributed by atoms with E-state index >= 15 is 0 Å². The number of aliphatic hydroxyl groups is 1. The summed E-state index contributed by atoms with van der Waals surface area (Å²) in [6.45, 7) is 13.0. The molecular formula is C11H26N2O. The first kappa shape index (κ1) is 13.9. The fourth-order valence-corrected chi connectivity index (χ4v) is 1.25. The summed E-state index contributed by atoms with van der Waals surface area (Å²) in [4.78, 5) is 4.61. The van der Waals surface area contributed by atoms with Crippen molar-refractivity contribution in [2.45, 2.75) is 33.2 Å². The minimum Gasteiger partial charge on any atom is -0.394 e. The number of aliphatic hydroxyl groups excluding tert-OH is 1. The quantitative estimate of drug-likeness (QED) is 0.668. The van der Waals surface area contributed by atoms with E-state index in [1.54, 1.807) is 0 Å². The number of hydrogen-bond acceptors (Lipinski definition) is 3. The lowest BCUT2D eigenvalue weighted by molar-refractivity contribution is 0.0707. The Morgan fingerprint density at radius 3 is 1.93 bits per heavy atom. The lowest BCUT2D eigenvalue weighted by Gasteiger charge is -2.35. The summed E-state index contributed by atoms with van der Waals surface area (Å²) in [5, 5.41) is 9.19. The zero-order chi connectivity index (χ0) is 11.2. The second-order valence-electron chi connectivity index (χ2n) is 4.42. The van der Waals surface area contributed by atoms with E-state index in [-0.39, 0.29) is 12.1 Å². The molecule has 0 atom stereocenters. The first-order valence-corrected chi connectivity index (χ1v) is 5.52. The molecule has 0 bridgehead atoms. The predicted molar refractivity (Wildman–Crippen MR) is 61.6 cm³/mol. The Balaban J connectivity index is 3.88. The van der Waals surface area contributed by atoms with Crippen molar-refractivity contribution in [3.8, 4) is 0 Å². The average Bonchev–Trinajstić information content (AvgIpc) is 2.19. The first-order chi connectivity index (χ1) is 6.47. The van der Waals surface area contributed by atoms with Crippen LogP contribution in [0.2, 0.25) is 0 Å². The van der Waals surface area contributed by atoms with Gasteiger partial charge in [-0.25, -0.2) is 0 Å². The second-order valence-corrected chi connectivity index (χ2v) is 4.42. The average molecular weight is 202 g/mol. The van der Waals surface area contributed by atoms with E-state index in [1.807, 2.05) is 0 Å². The number of likely N-dealkylation sites (N-methyl/N-ethyl adjacent to an activating group) is 2. The van der Waals surface area contributed by atoms with Gasteiger partial charge in [0.2, 0.25) is 0 Å². The van der Waals surface area contributed by atoms with Gasteiger partial charge in [0.05, 0.1) is 6.61 Å². The van der Waals surface area contributed by atoms with Crippen molar-refractivity contribution in [1.29, 1.82) is 0 Å². The summed E-state index contributed by atoms with van der Waals surface area (Å²) in [5.74, 6) is 0. The molecule has 0 aliphatic heterocycles. The van der Waals surface area contributed by atoms with Gasteiger partial charge in [-0.1, -0.05) is 13.8 Å². The van der Waals surface area contributed by atoms with Crippen molar-refractivity contribution in [2.24, 2.45) is 0 Å². The Bertz CT molecular complexity index is 144. The lowest BCUT2D eigenvalue weighted by Crippen LogP contribution is -2.47. The molecule has 0 aromatic carbocycles. The summed E-state index contributed by atoms with van der Waals surface area (Å²) >= 11 is 0. The Hall–Kier alpha value is -0.120. The molecular weight excluding hydrogens is 176 g/mol. The molecule has 0 radical (unpaired) electrons. The molecule has 86 valence electrons. The summed E-state index contributed by atoms with van der Waals surface area (Å²) in [6.07, 6.45) is 0. The van der Waals surface area contributed by atoms with Crippen LogP contribution in [-0.4, -0.2) is 60.3 Å². The third kappa shape index (κ3) is 4.40. The molecule has 0 spiro atoms. The van der Waals surface area contributed by atoms with Crippen LogP contribution in [0.1, 0.15) is 27.7 Å². The summed E-state index contributed by atoms with van der Waals surface area (Å²) in [6, 6.07) is 0. The molecule has 0 fully saturated rings. The molecule has 1 N–H and O–H groups in total. The topological polar surface area (TPSA) is 26.7 Å². The molecule has 0 unspecified atom stereocenters. The smallest absolute Gasteiger partial charge is 0.0609 e. The van der Waals surface area contributed by atoms with E-state index in [1.165, 1.54) is 0 Å². The fraction of sp³-hybridized carbons (Fsp3) is 1.00. The highest BCUT2D eigenvalue weighted by molar-refractivity contribution is 4.78. The van der Waals surface area contributed by atoms with Crippen LogP contribution in [0.4, 0.5) is 0 Å². The van der Waals surface area contributed by atoms with Crippen molar-refractivity contribution >= 4 is 0 Å². The molecule has 0 aromatic rings. The van der Waals surface area contributed by atoms with Crippen molar-refractivity contribution in [3.63, 3.8) is 0 Å². The Morgan fingerprint density at radius 1 is 1.07 bits per heavy atom. The Morgan fingerprint density at radius 2 is 1.57 bits per heavy atom. The van der Waals surface area contributed by atoms with Crippen LogP contribution >= 0.6 is 0 Å². The van der Waals surface area contributed by atoms with E-state index < -0.39 is 0 Å². The van der Waals surface area contributed by atoms with Gasteiger partial charge in [0.1, 0.15) is 0 Å². The van der Waals surface area contributed by atoms with E-state index in [9.17, 15) is 5.11 Å². The van der Waals surface area contributed by atoms with Gasteiger partial charge in [0, 0.05) is 18.6 Å².